The molecule has 1 unspecified atom stereocenters. The topological polar surface area (TPSA) is 82.0 Å². The van der Waals surface area contributed by atoms with E-state index in [0.29, 0.717) is 16.3 Å². The molecule has 2 aromatic rings. The lowest BCUT2D eigenvalue weighted by Crippen LogP contribution is -2.31. The third-order valence-electron chi connectivity index (χ3n) is 3.96. The van der Waals surface area contributed by atoms with Gasteiger partial charge in [0.25, 0.3) is 0 Å². The standard InChI is InChI=1S/C20H17N3O2S/c21-12-17-16(14-7-3-1-4-8-14)11-18(24)23-20(17)26-13-19(25)22-15-9-5-2-6-10-15/h1-10,16H,11,13H2,(H,22,25)(H,23,24). The number of benzene rings is 2. The Kier molecular flexibility index (Phi) is 5.72. The van der Waals surface area contributed by atoms with E-state index in [-0.39, 0.29) is 29.9 Å². The maximum atomic E-state index is 12.1. The highest BCUT2D eigenvalue weighted by atomic mass is 32.2. The van der Waals surface area contributed by atoms with Gasteiger partial charge in [0.05, 0.1) is 22.4 Å². The lowest BCUT2D eigenvalue weighted by atomic mass is 9.87. The molecule has 1 heterocycles. The smallest absolute Gasteiger partial charge is 0.234 e. The highest BCUT2D eigenvalue weighted by molar-refractivity contribution is 8.03. The Labute approximate surface area is 156 Å². The van der Waals surface area contributed by atoms with Crippen molar-refractivity contribution in [2.75, 3.05) is 11.1 Å². The number of nitrogens with one attached hydrogen (secondary N) is 2. The maximum absolute atomic E-state index is 12.1. The van der Waals surface area contributed by atoms with Crippen LogP contribution in [-0.2, 0) is 9.59 Å². The lowest BCUT2D eigenvalue weighted by molar-refractivity contribution is -0.121. The van der Waals surface area contributed by atoms with E-state index in [0.717, 1.165) is 5.56 Å². The van der Waals surface area contributed by atoms with Crippen molar-refractivity contribution in [3.63, 3.8) is 0 Å². The molecule has 0 aliphatic carbocycles. The van der Waals surface area contributed by atoms with Crippen molar-refractivity contribution in [3.8, 4) is 6.07 Å². The molecule has 0 spiro atoms. The summed E-state index contributed by atoms with van der Waals surface area (Å²) in [5, 5.41) is 15.6. The van der Waals surface area contributed by atoms with E-state index in [1.165, 1.54) is 11.8 Å². The summed E-state index contributed by atoms with van der Waals surface area (Å²) in [6.07, 6.45) is 0.229. The highest BCUT2D eigenvalue weighted by Crippen LogP contribution is 2.35. The second-order valence-corrected chi connectivity index (χ2v) is 6.76. The summed E-state index contributed by atoms with van der Waals surface area (Å²) >= 11 is 1.17. The molecule has 3 rings (SSSR count). The van der Waals surface area contributed by atoms with Gasteiger partial charge in [0.1, 0.15) is 0 Å². The van der Waals surface area contributed by atoms with Crippen LogP contribution < -0.4 is 10.6 Å². The van der Waals surface area contributed by atoms with Gasteiger partial charge in [-0.1, -0.05) is 60.3 Å². The number of hydrogen-bond acceptors (Lipinski definition) is 4. The Bertz CT molecular complexity index is 873. The van der Waals surface area contributed by atoms with Gasteiger partial charge in [0.15, 0.2) is 0 Å². The Morgan fingerprint density at radius 2 is 1.81 bits per heavy atom. The number of rotatable bonds is 5. The molecule has 0 radical (unpaired) electrons. The molecule has 5 nitrogen and oxygen atoms in total. The van der Waals surface area contributed by atoms with Crippen LogP contribution in [0, 0.1) is 11.3 Å². The second-order valence-electron chi connectivity index (χ2n) is 5.77. The number of nitriles is 1. The molecular weight excluding hydrogens is 346 g/mol. The van der Waals surface area contributed by atoms with Gasteiger partial charge in [-0.15, -0.1) is 0 Å². The fraction of sp³-hybridized carbons (Fsp3) is 0.150. The summed E-state index contributed by atoms with van der Waals surface area (Å²) in [5.41, 5.74) is 2.13. The molecule has 0 fully saturated rings. The predicted octanol–water partition coefficient (Wildman–Crippen LogP) is 3.40. The average molecular weight is 363 g/mol. The molecule has 130 valence electrons. The Balaban J connectivity index is 1.74. The first-order chi connectivity index (χ1) is 12.7. The summed E-state index contributed by atoms with van der Waals surface area (Å²) in [5.74, 6) is -0.516. The summed E-state index contributed by atoms with van der Waals surface area (Å²) in [6.45, 7) is 0. The number of carbonyl (C=O) groups is 2. The number of allylic oxidation sites excluding steroid dienone is 1. The number of thioether (sulfide) groups is 1. The van der Waals surface area contributed by atoms with Crippen LogP contribution in [0.25, 0.3) is 0 Å². The molecule has 2 aromatic carbocycles. The van der Waals surface area contributed by atoms with Crippen molar-refractivity contribution in [2.24, 2.45) is 0 Å². The minimum absolute atomic E-state index is 0.108. The van der Waals surface area contributed by atoms with Gasteiger partial charge in [-0.25, -0.2) is 0 Å². The first-order valence-corrected chi connectivity index (χ1v) is 9.12. The molecular formula is C20H17N3O2S. The summed E-state index contributed by atoms with van der Waals surface area (Å²) in [6, 6.07) is 20.8. The van der Waals surface area contributed by atoms with Crippen LogP contribution in [0.15, 0.2) is 71.3 Å². The fourth-order valence-corrected chi connectivity index (χ4v) is 3.64. The van der Waals surface area contributed by atoms with E-state index in [1.54, 1.807) is 12.1 Å². The number of para-hydroxylation sites is 1. The van der Waals surface area contributed by atoms with Crippen molar-refractivity contribution in [2.45, 2.75) is 12.3 Å². The fourth-order valence-electron chi connectivity index (χ4n) is 2.76. The number of carbonyl (C=O) groups excluding carboxylic acids is 2. The van der Waals surface area contributed by atoms with Crippen LogP contribution >= 0.6 is 11.8 Å². The van der Waals surface area contributed by atoms with Gasteiger partial charge in [0.2, 0.25) is 11.8 Å². The quantitative estimate of drug-likeness (QED) is 0.853. The first-order valence-electron chi connectivity index (χ1n) is 8.14. The highest BCUT2D eigenvalue weighted by Gasteiger charge is 2.29. The number of nitrogens with zero attached hydrogens (tertiary/aromatic N) is 1. The lowest BCUT2D eigenvalue weighted by Gasteiger charge is -2.25. The van der Waals surface area contributed by atoms with Gasteiger partial charge in [-0.05, 0) is 17.7 Å². The second kappa shape index (κ2) is 8.37. The zero-order chi connectivity index (χ0) is 18.4. The minimum atomic E-state index is -0.283. The van der Waals surface area contributed by atoms with E-state index in [9.17, 15) is 14.9 Å². The Morgan fingerprint density at radius 3 is 2.46 bits per heavy atom. The van der Waals surface area contributed by atoms with Crippen LogP contribution in [0.2, 0.25) is 0 Å². The third kappa shape index (κ3) is 4.32. The van der Waals surface area contributed by atoms with E-state index in [4.69, 9.17) is 0 Å². The minimum Gasteiger partial charge on any atom is -0.325 e. The molecule has 0 bridgehead atoms. The SMILES string of the molecule is N#CC1=C(SCC(=O)Nc2ccccc2)NC(=O)CC1c1ccccc1. The molecule has 0 saturated heterocycles. The first kappa shape index (κ1) is 17.8. The zero-order valence-corrected chi connectivity index (χ0v) is 14.8. The van der Waals surface area contributed by atoms with Crippen molar-refractivity contribution in [1.29, 1.82) is 5.26 Å². The summed E-state index contributed by atoms with van der Waals surface area (Å²) in [7, 11) is 0. The molecule has 6 heteroatoms. The van der Waals surface area contributed by atoms with Gasteiger partial charge in [-0.2, -0.15) is 5.26 Å². The normalized spacial score (nSPS) is 16.6. The van der Waals surface area contributed by atoms with E-state index >= 15 is 0 Å². The van der Waals surface area contributed by atoms with Gasteiger partial charge < -0.3 is 10.6 Å². The molecule has 26 heavy (non-hydrogen) atoms. The molecule has 0 aromatic heterocycles. The van der Waals surface area contributed by atoms with Crippen LogP contribution in [0.1, 0.15) is 17.9 Å². The van der Waals surface area contributed by atoms with Crippen LogP contribution in [-0.4, -0.2) is 17.6 Å². The number of amides is 2. The Morgan fingerprint density at radius 1 is 1.15 bits per heavy atom. The van der Waals surface area contributed by atoms with E-state index in [2.05, 4.69) is 16.7 Å². The van der Waals surface area contributed by atoms with Gasteiger partial charge in [0, 0.05) is 18.0 Å². The molecule has 1 aliphatic rings. The molecule has 2 amide bonds. The monoisotopic (exact) mass is 363 g/mol. The van der Waals surface area contributed by atoms with Crippen LogP contribution in [0.3, 0.4) is 0 Å². The maximum Gasteiger partial charge on any atom is 0.234 e. The van der Waals surface area contributed by atoms with Crippen LogP contribution in [0.4, 0.5) is 5.69 Å². The summed E-state index contributed by atoms with van der Waals surface area (Å²) in [4.78, 5) is 24.2. The van der Waals surface area contributed by atoms with E-state index < -0.39 is 0 Å². The largest absolute Gasteiger partial charge is 0.325 e. The number of hydrogen-bond donors (Lipinski definition) is 2. The third-order valence-corrected chi connectivity index (χ3v) is 4.98. The Hall–Kier alpha value is -3.04. The predicted molar refractivity (Wildman–Crippen MR) is 102 cm³/mol. The van der Waals surface area contributed by atoms with Crippen LogP contribution in [0.5, 0.6) is 0 Å². The molecule has 1 atom stereocenters. The molecule has 0 saturated carbocycles. The molecule has 1 aliphatic heterocycles. The zero-order valence-electron chi connectivity index (χ0n) is 13.9. The van der Waals surface area contributed by atoms with E-state index in [1.807, 2.05) is 48.5 Å². The van der Waals surface area contributed by atoms with Crippen molar-refractivity contribution in [3.05, 3.63) is 76.8 Å². The van der Waals surface area contributed by atoms with Crippen molar-refractivity contribution in [1.82, 2.24) is 5.32 Å². The van der Waals surface area contributed by atoms with Crippen molar-refractivity contribution < 1.29 is 9.59 Å². The summed E-state index contributed by atoms with van der Waals surface area (Å²) < 4.78 is 0. The number of anilines is 1. The average Bonchev–Trinajstić information content (AvgIpc) is 2.67. The molecule has 2 N–H and O–H groups in total. The van der Waals surface area contributed by atoms with Gasteiger partial charge >= 0.3 is 0 Å². The van der Waals surface area contributed by atoms with Gasteiger partial charge in [-0.3, -0.25) is 9.59 Å². The van der Waals surface area contributed by atoms with Crippen molar-refractivity contribution >= 4 is 29.3 Å².